The number of rotatable bonds is 7. The molecule has 0 radical (unpaired) electrons. The van der Waals surface area contributed by atoms with Crippen LogP contribution in [-0.4, -0.2) is 35.7 Å². The molecule has 3 aromatic rings. The Morgan fingerprint density at radius 2 is 1.65 bits per heavy atom. The van der Waals surface area contributed by atoms with Crippen molar-refractivity contribution >= 4 is 35.0 Å². The topological polar surface area (TPSA) is 105 Å². The number of fused-ring (bicyclic) bond motifs is 3. The molecule has 0 aliphatic heterocycles. The molecule has 8 heteroatoms. The third-order valence-electron chi connectivity index (χ3n) is 5.12. The molecule has 1 aromatic heterocycles. The fraction of sp³-hybridized carbons (Fsp3) is 0.174. The van der Waals surface area contributed by atoms with Gasteiger partial charge in [0.2, 0.25) is 5.91 Å². The predicted octanol–water partition coefficient (Wildman–Crippen LogP) is 4.07. The van der Waals surface area contributed by atoms with Gasteiger partial charge in [-0.2, -0.15) is 11.3 Å². The molecular weight excluding hydrogens is 416 g/mol. The van der Waals surface area contributed by atoms with E-state index in [1.807, 2.05) is 48.5 Å². The first-order valence-electron chi connectivity index (χ1n) is 9.69. The van der Waals surface area contributed by atoms with E-state index < -0.39 is 30.4 Å². The van der Waals surface area contributed by atoms with Crippen molar-refractivity contribution in [2.75, 3.05) is 11.9 Å². The number of carboxylic acids is 1. The monoisotopic (exact) mass is 436 g/mol. The minimum Gasteiger partial charge on any atom is -0.481 e. The lowest BCUT2D eigenvalue weighted by molar-refractivity contribution is -0.139. The molecule has 2 aromatic carbocycles. The number of carboxylic acid groups (broad SMARTS) is 1. The van der Waals surface area contributed by atoms with E-state index in [0.29, 0.717) is 5.69 Å². The number of nitrogens with one attached hydrogen (secondary N) is 2. The highest BCUT2D eigenvalue weighted by atomic mass is 32.1. The van der Waals surface area contributed by atoms with Gasteiger partial charge in [0, 0.05) is 11.3 Å². The number of thiophene rings is 1. The predicted molar refractivity (Wildman–Crippen MR) is 117 cm³/mol. The largest absolute Gasteiger partial charge is 0.481 e. The number of carbonyl (C=O) groups is 3. The van der Waals surface area contributed by atoms with Gasteiger partial charge >= 0.3 is 12.1 Å². The third-order valence-corrected chi connectivity index (χ3v) is 5.80. The van der Waals surface area contributed by atoms with Crippen molar-refractivity contribution < 1.29 is 24.2 Å². The average molecular weight is 436 g/mol. The Hall–Kier alpha value is -3.65. The summed E-state index contributed by atoms with van der Waals surface area (Å²) in [4.78, 5) is 36.0. The second-order valence-electron chi connectivity index (χ2n) is 7.12. The summed E-state index contributed by atoms with van der Waals surface area (Å²) in [5.41, 5.74) is 4.87. The van der Waals surface area contributed by atoms with Crippen LogP contribution in [-0.2, 0) is 14.3 Å². The minimum atomic E-state index is -1.26. The molecule has 0 saturated heterocycles. The van der Waals surface area contributed by atoms with Crippen molar-refractivity contribution in [1.29, 1.82) is 0 Å². The number of ether oxygens (including phenoxy) is 1. The van der Waals surface area contributed by atoms with Crippen LogP contribution in [0.5, 0.6) is 0 Å². The van der Waals surface area contributed by atoms with Crippen LogP contribution in [0.3, 0.4) is 0 Å². The summed E-state index contributed by atoms with van der Waals surface area (Å²) in [6, 6.07) is 16.3. The molecule has 1 atom stereocenters. The Bertz CT molecular complexity index is 1070. The number of amides is 2. The van der Waals surface area contributed by atoms with Gasteiger partial charge in [0.05, 0.1) is 12.1 Å². The van der Waals surface area contributed by atoms with Gasteiger partial charge in [-0.1, -0.05) is 48.5 Å². The molecule has 1 unspecified atom stereocenters. The van der Waals surface area contributed by atoms with Crippen LogP contribution in [0.15, 0.2) is 65.4 Å². The van der Waals surface area contributed by atoms with Crippen molar-refractivity contribution in [2.24, 2.45) is 0 Å². The first-order valence-corrected chi connectivity index (χ1v) is 10.6. The zero-order valence-corrected chi connectivity index (χ0v) is 17.2. The van der Waals surface area contributed by atoms with Crippen LogP contribution in [0.4, 0.5) is 10.5 Å². The van der Waals surface area contributed by atoms with Crippen molar-refractivity contribution in [1.82, 2.24) is 5.32 Å². The summed E-state index contributed by atoms with van der Waals surface area (Å²) in [5, 5.41) is 17.6. The number of aliphatic carboxylic acids is 1. The first-order chi connectivity index (χ1) is 15.0. The minimum absolute atomic E-state index is 0.0752. The third kappa shape index (κ3) is 4.59. The van der Waals surface area contributed by atoms with Crippen LogP contribution in [0.25, 0.3) is 11.1 Å². The number of benzene rings is 2. The molecule has 2 amide bonds. The van der Waals surface area contributed by atoms with Crippen LogP contribution < -0.4 is 10.6 Å². The summed E-state index contributed by atoms with van der Waals surface area (Å²) in [6.07, 6.45) is -1.39. The zero-order chi connectivity index (χ0) is 21.8. The van der Waals surface area contributed by atoms with Gasteiger partial charge in [-0.05, 0) is 33.7 Å². The lowest BCUT2D eigenvalue weighted by atomic mass is 9.98. The standard InChI is InChI=1S/C23H20N2O5S/c26-21(27)11-20(22(28)24-14-9-10-31-13-14)25-23(29)30-12-19-17-7-3-1-5-15(17)16-6-2-4-8-18(16)19/h1-10,13,19-20H,11-12H2,(H,24,28)(H,25,29)(H,26,27). The SMILES string of the molecule is O=C(O)CC(NC(=O)OCC1c2ccccc2-c2ccccc21)C(=O)Nc1ccsc1. The zero-order valence-electron chi connectivity index (χ0n) is 16.4. The van der Waals surface area contributed by atoms with E-state index in [0.717, 1.165) is 22.3 Å². The maximum atomic E-state index is 12.4. The molecule has 0 fully saturated rings. The van der Waals surface area contributed by atoms with Crippen LogP contribution in [0.2, 0.25) is 0 Å². The highest BCUT2D eigenvalue weighted by molar-refractivity contribution is 7.08. The summed E-state index contributed by atoms with van der Waals surface area (Å²) < 4.78 is 5.42. The van der Waals surface area contributed by atoms with E-state index in [1.54, 1.807) is 16.8 Å². The molecule has 1 aliphatic rings. The smallest absolute Gasteiger partial charge is 0.407 e. The van der Waals surface area contributed by atoms with E-state index in [9.17, 15) is 14.4 Å². The van der Waals surface area contributed by atoms with E-state index in [2.05, 4.69) is 10.6 Å². The van der Waals surface area contributed by atoms with Crippen molar-refractivity contribution in [3.05, 3.63) is 76.5 Å². The highest BCUT2D eigenvalue weighted by Crippen LogP contribution is 2.44. The Balaban J connectivity index is 1.43. The van der Waals surface area contributed by atoms with E-state index >= 15 is 0 Å². The van der Waals surface area contributed by atoms with Gasteiger partial charge in [0.1, 0.15) is 12.6 Å². The lowest BCUT2D eigenvalue weighted by Crippen LogP contribution is -2.45. The maximum Gasteiger partial charge on any atom is 0.407 e. The molecule has 31 heavy (non-hydrogen) atoms. The van der Waals surface area contributed by atoms with Crippen molar-refractivity contribution in [2.45, 2.75) is 18.4 Å². The van der Waals surface area contributed by atoms with Crippen LogP contribution >= 0.6 is 11.3 Å². The van der Waals surface area contributed by atoms with Gasteiger partial charge in [-0.25, -0.2) is 4.79 Å². The van der Waals surface area contributed by atoms with Gasteiger partial charge in [-0.3, -0.25) is 9.59 Å². The fourth-order valence-electron chi connectivity index (χ4n) is 3.73. The molecule has 4 rings (SSSR count). The summed E-state index contributed by atoms with van der Waals surface area (Å²) in [7, 11) is 0. The van der Waals surface area contributed by atoms with Crippen molar-refractivity contribution in [3.63, 3.8) is 0 Å². The Morgan fingerprint density at radius 3 is 2.23 bits per heavy atom. The normalized spacial score (nSPS) is 13.0. The first kappa shape index (κ1) is 20.6. The summed E-state index contributed by atoms with van der Waals surface area (Å²) in [5.74, 6) is -1.95. The van der Waals surface area contributed by atoms with Gasteiger partial charge < -0.3 is 20.5 Å². The van der Waals surface area contributed by atoms with Crippen LogP contribution in [0.1, 0.15) is 23.5 Å². The van der Waals surface area contributed by atoms with Crippen molar-refractivity contribution in [3.8, 4) is 11.1 Å². The molecular formula is C23H20N2O5S. The van der Waals surface area contributed by atoms with Gasteiger partial charge in [-0.15, -0.1) is 0 Å². The molecule has 3 N–H and O–H groups in total. The fourth-order valence-corrected chi connectivity index (χ4v) is 4.32. The molecule has 0 bridgehead atoms. The van der Waals surface area contributed by atoms with E-state index in [4.69, 9.17) is 9.84 Å². The molecule has 0 spiro atoms. The van der Waals surface area contributed by atoms with Gasteiger partial charge in [0.15, 0.2) is 0 Å². The molecule has 158 valence electrons. The van der Waals surface area contributed by atoms with Gasteiger partial charge in [0.25, 0.3) is 0 Å². The van der Waals surface area contributed by atoms with Crippen LogP contribution in [0, 0.1) is 0 Å². The Labute approximate surface area is 182 Å². The highest BCUT2D eigenvalue weighted by Gasteiger charge is 2.30. The molecule has 1 heterocycles. The lowest BCUT2D eigenvalue weighted by Gasteiger charge is -2.18. The average Bonchev–Trinajstić information content (AvgIpc) is 3.37. The summed E-state index contributed by atoms with van der Waals surface area (Å²) in [6.45, 7) is 0.0752. The molecule has 1 aliphatic carbocycles. The Kier molecular flexibility index (Phi) is 5.99. The van der Waals surface area contributed by atoms with E-state index in [-0.39, 0.29) is 12.5 Å². The number of anilines is 1. The second-order valence-corrected chi connectivity index (χ2v) is 7.90. The number of carbonyl (C=O) groups excluding carboxylic acids is 2. The number of hydrogen-bond acceptors (Lipinski definition) is 5. The Morgan fingerprint density at radius 1 is 1.00 bits per heavy atom. The number of alkyl carbamates (subject to hydrolysis) is 1. The van der Waals surface area contributed by atoms with E-state index in [1.165, 1.54) is 11.3 Å². The maximum absolute atomic E-state index is 12.4. The second kappa shape index (κ2) is 9.01. The molecule has 0 saturated carbocycles. The molecule has 7 nitrogen and oxygen atoms in total. The quantitative estimate of drug-likeness (QED) is 0.518. The summed E-state index contributed by atoms with van der Waals surface area (Å²) >= 11 is 1.39. The number of hydrogen-bond donors (Lipinski definition) is 3.